The van der Waals surface area contributed by atoms with Gasteiger partial charge < -0.3 is 9.80 Å². The normalized spacial score (nSPS) is 22.3. The van der Waals surface area contributed by atoms with Crippen molar-refractivity contribution in [2.24, 2.45) is 0 Å². The molecule has 1 saturated heterocycles. The van der Waals surface area contributed by atoms with E-state index < -0.39 is 0 Å². The minimum Gasteiger partial charge on any atom is -0.322 e. The predicted molar refractivity (Wildman–Crippen MR) is 102 cm³/mol. The predicted octanol–water partition coefficient (Wildman–Crippen LogP) is 0.253. The Kier molecular flexibility index (Phi) is 6.04. The van der Waals surface area contributed by atoms with Gasteiger partial charge in [-0.15, -0.1) is 5.10 Å². The number of hydrogen-bond acceptors (Lipinski definition) is 3. The molecule has 0 spiro atoms. The van der Waals surface area contributed by atoms with Crippen LogP contribution >= 0.6 is 0 Å². The van der Waals surface area contributed by atoms with Crippen LogP contribution < -0.4 is 9.80 Å². The Balaban J connectivity index is 1.67. The van der Waals surface area contributed by atoms with E-state index in [9.17, 15) is 0 Å². The first-order valence-corrected chi connectivity index (χ1v) is 10.00. The first-order chi connectivity index (χ1) is 12.5. The van der Waals surface area contributed by atoms with Crippen LogP contribution in [-0.4, -0.2) is 46.4 Å². The van der Waals surface area contributed by atoms with Crippen molar-refractivity contribution in [1.82, 2.24) is 20.2 Å². The smallest absolute Gasteiger partial charge is 0.209 e. The van der Waals surface area contributed by atoms with Crippen molar-refractivity contribution in [3.05, 3.63) is 41.7 Å². The molecule has 142 valence electrons. The lowest BCUT2D eigenvalue weighted by molar-refractivity contribution is -1.03. The number of nitrogens with one attached hydrogen (secondary N) is 2. The number of aromatic nitrogens is 4. The number of benzene rings is 1. The summed E-state index contributed by atoms with van der Waals surface area (Å²) in [6, 6.07) is 11.2. The standard InChI is InChI=1S/C20H32N6/c1-5-9-18(19-21-22-23-26(19)20(2,3)4)25-14-12-24(13-15-25)16-17-10-7-6-8-11-17/h6-8,10-11,18H,5,9,12-16H2,1-4H3/p+2/t18-/m0/s1. The van der Waals surface area contributed by atoms with Gasteiger partial charge in [0.25, 0.3) is 0 Å². The van der Waals surface area contributed by atoms with Gasteiger partial charge in [-0.2, -0.15) is 0 Å². The second-order valence-electron chi connectivity index (χ2n) is 8.53. The molecule has 6 heteroatoms. The van der Waals surface area contributed by atoms with Crippen LogP contribution in [0.15, 0.2) is 30.3 Å². The summed E-state index contributed by atoms with van der Waals surface area (Å²) < 4.78 is 2.03. The van der Waals surface area contributed by atoms with Gasteiger partial charge in [0.15, 0.2) is 0 Å². The molecule has 1 aromatic carbocycles. The number of tetrazole rings is 1. The molecule has 1 aromatic heterocycles. The molecule has 0 saturated carbocycles. The van der Waals surface area contributed by atoms with Crippen molar-refractivity contribution in [1.29, 1.82) is 0 Å². The summed E-state index contributed by atoms with van der Waals surface area (Å²) >= 11 is 0. The van der Waals surface area contributed by atoms with Crippen LogP contribution in [0.3, 0.4) is 0 Å². The molecule has 1 atom stereocenters. The summed E-state index contributed by atoms with van der Waals surface area (Å²) in [5.74, 6) is 1.06. The third-order valence-electron chi connectivity index (χ3n) is 5.41. The quantitative estimate of drug-likeness (QED) is 0.779. The first kappa shape index (κ1) is 19.0. The number of nitrogens with zero attached hydrogens (tertiary/aromatic N) is 4. The molecule has 0 amide bonds. The van der Waals surface area contributed by atoms with Gasteiger partial charge in [-0.05, 0) is 31.2 Å². The summed E-state index contributed by atoms with van der Waals surface area (Å²) in [5.41, 5.74) is 1.36. The molecular formula is C20H34N6+2. The molecule has 1 fully saturated rings. The van der Waals surface area contributed by atoms with Crippen LogP contribution in [0.25, 0.3) is 0 Å². The number of piperazine rings is 1. The molecule has 1 aliphatic rings. The molecule has 3 rings (SSSR count). The zero-order valence-electron chi connectivity index (χ0n) is 16.7. The molecular weight excluding hydrogens is 324 g/mol. The number of hydrogen-bond donors (Lipinski definition) is 2. The zero-order chi connectivity index (χ0) is 18.6. The Morgan fingerprint density at radius 1 is 1.08 bits per heavy atom. The Morgan fingerprint density at radius 3 is 2.38 bits per heavy atom. The van der Waals surface area contributed by atoms with Gasteiger partial charge in [0.05, 0.1) is 5.54 Å². The van der Waals surface area contributed by atoms with E-state index in [4.69, 9.17) is 0 Å². The van der Waals surface area contributed by atoms with Crippen molar-refractivity contribution in [3.63, 3.8) is 0 Å². The van der Waals surface area contributed by atoms with E-state index >= 15 is 0 Å². The van der Waals surface area contributed by atoms with Gasteiger partial charge >= 0.3 is 0 Å². The minimum atomic E-state index is -0.0787. The summed E-state index contributed by atoms with van der Waals surface area (Å²) in [4.78, 5) is 3.33. The van der Waals surface area contributed by atoms with E-state index in [1.165, 1.54) is 31.7 Å². The molecule has 0 bridgehead atoms. The van der Waals surface area contributed by atoms with Gasteiger partial charge in [-0.25, -0.2) is 4.68 Å². The van der Waals surface area contributed by atoms with E-state index in [-0.39, 0.29) is 5.54 Å². The van der Waals surface area contributed by atoms with Crippen LogP contribution in [0.5, 0.6) is 0 Å². The number of quaternary nitrogens is 2. The summed E-state index contributed by atoms with van der Waals surface area (Å²) in [6.07, 6.45) is 2.30. The van der Waals surface area contributed by atoms with Crippen LogP contribution in [-0.2, 0) is 12.1 Å². The topological polar surface area (TPSA) is 52.5 Å². The highest BCUT2D eigenvalue weighted by Gasteiger charge is 2.35. The summed E-state index contributed by atoms with van der Waals surface area (Å²) in [6.45, 7) is 14.7. The minimum absolute atomic E-state index is 0.0787. The molecule has 2 N–H and O–H groups in total. The third kappa shape index (κ3) is 4.48. The molecule has 2 aromatic rings. The van der Waals surface area contributed by atoms with Gasteiger partial charge in [0.2, 0.25) is 5.82 Å². The maximum Gasteiger partial charge on any atom is 0.209 e. The van der Waals surface area contributed by atoms with E-state index in [0.29, 0.717) is 6.04 Å². The van der Waals surface area contributed by atoms with Crippen molar-refractivity contribution < 1.29 is 9.80 Å². The molecule has 2 heterocycles. The van der Waals surface area contributed by atoms with E-state index in [2.05, 4.69) is 73.6 Å². The molecule has 26 heavy (non-hydrogen) atoms. The lowest BCUT2D eigenvalue weighted by atomic mass is 10.0. The Labute approximate surface area is 157 Å². The average Bonchev–Trinajstić information content (AvgIpc) is 3.11. The summed E-state index contributed by atoms with van der Waals surface area (Å²) in [7, 11) is 0. The maximum absolute atomic E-state index is 4.44. The highest BCUT2D eigenvalue weighted by molar-refractivity contribution is 5.13. The largest absolute Gasteiger partial charge is 0.322 e. The SMILES string of the molecule is CCC[C@@H](c1nnnn1C(C)(C)C)[NH+]1CC[NH+](Cc2ccccc2)CC1. The molecule has 6 nitrogen and oxygen atoms in total. The zero-order valence-corrected chi connectivity index (χ0v) is 16.7. The summed E-state index contributed by atoms with van der Waals surface area (Å²) in [5, 5.41) is 12.7. The molecule has 1 aliphatic heterocycles. The van der Waals surface area contributed by atoms with Crippen molar-refractivity contribution in [2.45, 2.75) is 58.7 Å². The van der Waals surface area contributed by atoms with Gasteiger partial charge in [-0.1, -0.05) is 43.7 Å². The lowest BCUT2D eigenvalue weighted by Crippen LogP contribution is -3.27. The van der Waals surface area contributed by atoms with Crippen LogP contribution in [0.2, 0.25) is 0 Å². The molecule has 0 unspecified atom stereocenters. The monoisotopic (exact) mass is 358 g/mol. The van der Waals surface area contributed by atoms with Crippen molar-refractivity contribution >= 4 is 0 Å². The first-order valence-electron chi connectivity index (χ1n) is 10.00. The molecule has 0 aliphatic carbocycles. The third-order valence-corrected chi connectivity index (χ3v) is 5.41. The average molecular weight is 359 g/mol. The fourth-order valence-electron chi connectivity index (χ4n) is 4.03. The van der Waals surface area contributed by atoms with E-state index in [1.807, 2.05) is 4.68 Å². The highest BCUT2D eigenvalue weighted by atomic mass is 15.6. The van der Waals surface area contributed by atoms with E-state index in [1.54, 1.807) is 9.80 Å². The molecule has 0 radical (unpaired) electrons. The number of rotatable bonds is 6. The fourth-order valence-corrected chi connectivity index (χ4v) is 4.03. The Bertz CT molecular complexity index is 667. The highest BCUT2D eigenvalue weighted by Crippen LogP contribution is 2.19. The van der Waals surface area contributed by atoms with Crippen LogP contribution in [0.4, 0.5) is 0 Å². The van der Waals surface area contributed by atoms with Crippen LogP contribution in [0, 0.1) is 0 Å². The van der Waals surface area contributed by atoms with Gasteiger partial charge in [-0.3, -0.25) is 0 Å². The van der Waals surface area contributed by atoms with Crippen LogP contribution in [0.1, 0.15) is 58.0 Å². The second-order valence-corrected chi connectivity index (χ2v) is 8.53. The fraction of sp³-hybridized carbons (Fsp3) is 0.650. The Morgan fingerprint density at radius 2 is 1.77 bits per heavy atom. The van der Waals surface area contributed by atoms with Crippen molar-refractivity contribution in [3.8, 4) is 0 Å². The van der Waals surface area contributed by atoms with Crippen molar-refractivity contribution in [2.75, 3.05) is 26.2 Å². The lowest BCUT2D eigenvalue weighted by Gasteiger charge is -2.35. The van der Waals surface area contributed by atoms with E-state index in [0.717, 1.165) is 25.2 Å². The Hall–Kier alpha value is -1.79. The maximum atomic E-state index is 4.44. The van der Waals surface area contributed by atoms with Gasteiger partial charge in [0.1, 0.15) is 38.8 Å². The van der Waals surface area contributed by atoms with Gasteiger partial charge in [0, 0.05) is 12.0 Å². The second kappa shape index (κ2) is 8.27.